The van der Waals surface area contributed by atoms with E-state index >= 15 is 0 Å². The Morgan fingerprint density at radius 3 is 2.68 bits per heavy atom. The van der Waals surface area contributed by atoms with Gasteiger partial charge < -0.3 is 9.88 Å². The normalized spacial score (nSPS) is 21.1. The van der Waals surface area contributed by atoms with Crippen molar-refractivity contribution >= 4 is 11.0 Å². The molecule has 1 saturated heterocycles. The molecule has 1 saturated carbocycles. The third kappa shape index (κ3) is 1.94. The first kappa shape index (κ1) is 11.4. The van der Waals surface area contributed by atoms with E-state index in [4.69, 9.17) is 4.98 Å². The van der Waals surface area contributed by atoms with E-state index in [1.54, 1.807) is 6.07 Å². The van der Waals surface area contributed by atoms with E-state index in [2.05, 4.69) is 9.88 Å². The first-order chi connectivity index (χ1) is 9.33. The van der Waals surface area contributed by atoms with Gasteiger partial charge in [-0.3, -0.25) is 0 Å². The van der Waals surface area contributed by atoms with Gasteiger partial charge >= 0.3 is 0 Å². The van der Waals surface area contributed by atoms with Crippen LogP contribution >= 0.6 is 0 Å². The SMILES string of the molecule is Fc1ccc2nc(C3CCNCC3)n(C3CC3)c2c1. The van der Waals surface area contributed by atoms with Gasteiger partial charge in [-0.05, 0) is 57.0 Å². The van der Waals surface area contributed by atoms with Gasteiger partial charge in [0.2, 0.25) is 0 Å². The van der Waals surface area contributed by atoms with Crippen molar-refractivity contribution in [2.45, 2.75) is 37.6 Å². The number of nitrogens with zero attached hydrogens (tertiary/aromatic N) is 2. The van der Waals surface area contributed by atoms with Crippen LogP contribution in [0.4, 0.5) is 4.39 Å². The first-order valence-corrected chi connectivity index (χ1v) is 7.21. The number of nitrogens with one attached hydrogen (secondary N) is 1. The molecular formula is C15H18FN3. The number of piperidine rings is 1. The zero-order valence-electron chi connectivity index (χ0n) is 10.9. The van der Waals surface area contributed by atoms with Crippen LogP contribution in [-0.4, -0.2) is 22.6 Å². The summed E-state index contributed by atoms with van der Waals surface area (Å²) in [5, 5.41) is 3.39. The highest BCUT2D eigenvalue weighted by atomic mass is 19.1. The van der Waals surface area contributed by atoms with E-state index in [-0.39, 0.29) is 5.82 Å². The predicted octanol–water partition coefficient (Wildman–Crippen LogP) is 2.98. The molecule has 4 rings (SSSR count). The zero-order valence-corrected chi connectivity index (χ0v) is 10.9. The summed E-state index contributed by atoms with van der Waals surface area (Å²) in [5.74, 6) is 1.55. The molecule has 0 atom stereocenters. The molecule has 19 heavy (non-hydrogen) atoms. The van der Waals surface area contributed by atoms with Crippen molar-refractivity contribution in [2.24, 2.45) is 0 Å². The van der Waals surface area contributed by atoms with Gasteiger partial charge in [0.05, 0.1) is 11.0 Å². The molecular weight excluding hydrogens is 241 g/mol. The van der Waals surface area contributed by atoms with Gasteiger partial charge in [-0.25, -0.2) is 9.37 Å². The van der Waals surface area contributed by atoms with Crippen LogP contribution in [0.2, 0.25) is 0 Å². The maximum absolute atomic E-state index is 13.5. The van der Waals surface area contributed by atoms with Crippen LogP contribution in [-0.2, 0) is 0 Å². The summed E-state index contributed by atoms with van der Waals surface area (Å²) in [6.45, 7) is 2.12. The molecule has 1 aliphatic heterocycles. The Hall–Kier alpha value is -1.42. The van der Waals surface area contributed by atoms with E-state index in [0.29, 0.717) is 12.0 Å². The van der Waals surface area contributed by atoms with Crippen molar-refractivity contribution in [3.8, 4) is 0 Å². The molecule has 0 amide bonds. The largest absolute Gasteiger partial charge is 0.325 e. The second-order valence-electron chi connectivity index (χ2n) is 5.73. The molecule has 0 unspecified atom stereocenters. The second kappa shape index (κ2) is 4.30. The van der Waals surface area contributed by atoms with Crippen LogP contribution in [0.15, 0.2) is 18.2 Å². The van der Waals surface area contributed by atoms with Gasteiger partial charge in [-0.2, -0.15) is 0 Å². The van der Waals surface area contributed by atoms with E-state index < -0.39 is 0 Å². The monoisotopic (exact) mass is 259 g/mol. The lowest BCUT2D eigenvalue weighted by atomic mass is 9.97. The molecule has 0 radical (unpaired) electrons. The van der Waals surface area contributed by atoms with Gasteiger partial charge in [0.25, 0.3) is 0 Å². The Balaban J connectivity index is 1.86. The Morgan fingerprint density at radius 1 is 1.16 bits per heavy atom. The van der Waals surface area contributed by atoms with Crippen LogP contribution < -0.4 is 5.32 Å². The summed E-state index contributed by atoms with van der Waals surface area (Å²) in [7, 11) is 0. The number of rotatable bonds is 2. The molecule has 2 aromatic rings. The topological polar surface area (TPSA) is 29.9 Å². The fourth-order valence-corrected chi connectivity index (χ4v) is 3.17. The summed E-state index contributed by atoms with van der Waals surface area (Å²) >= 11 is 0. The van der Waals surface area contributed by atoms with Crippen LogP contribution in [0.3, 0.4) is 0 Å². The van der Waals surface area contributed by atoms with E-state index in [0.717, 1.165) is 37.0 Å². The average molecular weight is 259 g/mol. The molecule has 2 heterocycles. The van der Waals surface area contributed by atoms with Gasteiger partial charge in [-0.15, -0.1) is 0 Å². The summed E-state index contributed by atoms with van der Waals surface area (Å²) in [4.78, 5) is 4.81. The van der Waals surface area contributed by atoms with Crippen molar-refractivity contribution in [1.29, 1.82) is 0 Å². The molecule has 2 aliphatic rings. The van der Waals surface area contributed by atoms with Gasteiger partial charge in [0.15, 0.2) is 0 Å². The third-order valence-corrected chi connectivity index (χ3v) is 4.30. The standard InChI is InChI=1S/C15H18FN3/c16-11-1-4-13-14(9-11)19(12-2-3-12)15(18-13)10-5-7-17-8-6-10/h1,4,9-10,12,17H,2-3,5-8H2. The van der Waals surface area contributed by atoms with Crippen molar-refractivity contribution in [1.82, 2.24) is 14.9 Å². The first-order valence-electron chi connectivity index (χ1n) is 7.21. The molecule has 1 aromatic carbocycles. The number of hydrogen-bond acceptors (Lipinski definition) is 2. The molecule has 4 heteroatoms. The summed E-state index contributed by atoms with van der Waals surface area (Å²) in [6, 6.07) is 5.52. The Labute approximate surface area is 111 Å². The quantitative estimate of drug-likeness (QED) is 0.898. The highest BCUT2D eigenvalue weighted by molar-refractivity contribution is 5.76. The maximum Gasteiger partial charge on any atom is 0.125 e. The van der Waals surface area contributed by atoms with Crippen molar-refractivity contribution in [3.05, 3.63) is 29.8 Å². The summed E-state index contributed by atoms with van der Waals surface area (Å²) in [6.07, 6.45) is 4.69. The zero-order chi connectivity index (χ0) is 12.8. The van der Waals surface area contributed by atoms with Crippen LogP contribution in [0.5, 0.6) is 0 Å². The molecule has 3 nitrogen and oxygen atoms in total. The minimum absolute atomic E-state index is 0.161. The van der Waals surface area contributed by atoms with Crippen LogP contribution in [0, 0.1) is 5.82 Å². The number of hydrogen-bond donors (Lipinski definition) is 1. The number of aromatic nitrogens is 2. The Bertz CT molecular complexity index is 609. The molecule has 1 aromatic heterocycles. The lowest BCUT2D eigenvalue weighted by Gasteiger charge is -2.23. The summed E-state index contributed by atoms with van der Waals surface area (Å²) in [5.41, 5.74) is 1.93. The van der Waals surface area contributed by atoms with E-state index in [9.17, 15) is 4.39 Å². The average Bonchev–Trinajstić information content (AvgIpc) is 3.21. The lowest BCUT2D eigenvalue weighted by molar-refractivity contribution is 0.433. The summed E-state index contributed by atoms with van der Waals surface area (Å²) < 4.78 is 15.8. The highest BCUT2D eigenvalue weighted by Gasteiger charge is 2.31. The van der Waals surface area contributed by atoms with Crippen molar-refractivity contribution in [2.75, 3.05) is 13.1 Å². The maximum atomic E-state index is 13.5. The molecule has 100 valence electrons. The molecule has 0 bridgehead atoms. The molecule has 1 N–H and O–H groups in total. The van der Waals surface area contributed by atoms with Crippen molar-refractivity contribution < 1.29 is 4.39 Å². The van der Waals surface area contributed by atoms with Gasteiger partial charge in [-0.1, -0.05) is 0 Å². The molecule has 2 fully saturated rings. The second-order valence-corrected chi connectivity index (χ2v) is 5.73. The van der Waals surface area contributed by atoms with Crippen LogP contribution in [0.25, 0.3) is 11.0 Å². The molecule has 1 aliphatic carbocycles. The fraction of sp³-hybridized carbons (Fsp3) is 0.533. The number of halogens is 1. The minimum Gasteiger partial charge on any atom is -0.325 e. The van der Waals surface area contributed by atoms with E-state index in [1.165, 1.54) is 24.7 Å². The smallest absolute Gasteiger partial charge is 0.125 e. The van der Waals surface area contributed by atoms with E-state index in [1.807, 2.05) is 6.07 Å². The van der Waals surface area contributed by atoms with Crippen molar-refractivity contribution in [3.63, 3.8) is 0 Å². The highest BCUT2D eigenvalue weighted by Crippen LogP contribution is 2.41. The molecule has 0 spiro atoms. The predicted molar refractivity (Wildman–Crippen MR) is 72.8 cm³/mol. The van der Waals surface area contributed by atoms with Gasteiger partial charge in [0.1, 0.15) is 11.6 Å². The fourth-order valence-electron chi connectivity index (χ4n) is 3.17. The number of fused-ring (bicyclic) bond motifs is 1. The number of benzene rings is 1. The Morgan fingerprint density at radius 2 is 1.95 bits per heavy atom. The Kier molecular flexibility index (Phi) is 2.58. The van der Waals surface area contributed by atoms with Gasteiger partial charge in [0, 0.05) is 12.0 Å². The third-order valence-electron chi connectivity index (χ3n) is 4.30. The van der Waals surface area contributed by atoms with Crippen LogP contribution in [0.1, 0.15) is 43.5 Å². The lowest BCUT2D eigenvalue weighted by Crippen LogP contribution is -2.28. The minimum atomic E-state index is -0.161. The number of imidazole rings is 1.